The second-order valence-corrected chi connectivity index (χ2v) is 9.24. The number of ketones is 1. The third kappa shape index (κ3) is 12.1. The minimum absolute atomic E-state index is 0.0555. The van der Waals surface area contributed by atoms with Crippen molar-refractivity contribution < 1.29 is 23.8 Å². The largest absolute Gasteiger partial charge is 0.465 e. The quantitative estimate of drug-likeness (QED) is 0.482. The molecule has 0 aliphatic carbocycles. The maximum Gasteiger partial charge on any atom is 0.308 e. The van der Waals surface area contributed by atoms with Crippen molar-refractivity contribution >= 4 is 17.8 Å². The number of aliphatic hydroxyl groups is 1. The summed E-state index contributed by atoms with van der Waals surface area (Å²) in [6.07, 6.45) is 9.42. The van der Waals surface area contributed by atoms with Crippen LogP contribution in [0.4, 0.5) is 4.39 Å². The van der Waals surface area contributed by atoms with Crippen molar-refractivity contribution in [2.75, 3.05) is 13.3 Å². The molecule has 0 saturated carbocycles. The Kier molecular flexibility index (Phi) is 15.7. The highest BCUT2D eigenvalue weighted by atomic mass is 19.1. The molecular formula is C28H45FN2O4. The highest BCUT2D eigenvalue weighted by molar-refractivity contribution is 5.87. The minimum Gasteiger partial charge on any atom is -0.465 e. The number of hydrogen-bond donors (Lipinski definition) is 2. The van der Waals surface area contributed by atoms with Crippen molar-refractivity contribution in [1.82, 2.24) is 9.97 Å². The third-order valence-electron chi connectivity index (χ3n) is 5.79. The average Bonchev–Trinajstić information content (AvgIpc) is 3.26. The van der Waals surface area contributed by atoms with Crippen molar-refractivity contribution in [3.05, 3.63) is 48.1 Å². The topological polar surface area (TPSA) is 92.3 Å². The number of imidazole rings is 1. The van der Waals surface area contributed by atoms with Crippen LogP contribution in [-0.4, -0.2) is 46.2 Å². The summed E-state index contributed by atoms with van der Waals surface area (Å²) in [5.74, 6) is 0.363. The number of esters is 1. The average molecular weight is 493 g/mol. The van der Waals surface area contributed by atoms with Crippen LogP contribution in [0.3, 0.4) is 0 Å². The molecule has 0 spiro atoms. The molecule has 1 aromatic heterocycles. The number of cyclic esters (lactones) is 1. The predicted molar refractivity (Wildman–Crippen MR) is 141 cm³/mol. The Morgan fingerprint density at radius 3 is 2.49 bits per heavy atom. The van der Waals surface area contributed by atoms with Gasteiger partial charge >= 0.3 is 5.97 Å². The smallest absolute Gasteiger partial charge is 0.308 e. The van der Waals surface area contributed by atoms with Crippen LogP contribution in [0.2, 0.25) is 0 Å². The standard InChI is InChI=1S/C20H31FO4.C6H8N2.C2H6/c1-14-7-5-8-16(13-21)9-6-10-25-18(23)12-17(22)20(3,4)19(24)15(2)11-14;1-3-6-4-7-5(2)8-6;1-2/h5,8-9,14-15,17,22H,6-7,10-13H2,1-4H3;3-4H,1H2,2H3,(H,7,8);1-2H3/b8-5+,16-9+;;. The fourth-order valence-electron chi connectivity index (χ4n) is 3.66. The second-order valence-electron chi connectivity index (χ2n) is 9.24. The third-order valence-corrected chi connectivity index (χ3v) is 5.79. The Labute approximate surface area is 210 Å². The SMILES string of the molecule is C=Cc1cnc(C)[nH]1.CC.CC1C/C=C/C(CF)=C\CCOC(=O)CC(O)C(C)(C)C(=O)C(C)C1. The van der Waals surface area contributed by atoms with E-state index in [0.717, 1.165) is 17.9 Å². The summed E-state index contributed by atoms with van der Waals surface area (Å²) in [5.41, 5.74) is 0.523. The Morgan fingerprint density at radius 1 is 1.31 bits per heavy atom. The summed E-state index contributed by atoms with van der Waals surface area (Å²) in [7, 11) is 0. The molecule has 7 heteroatoms. The highest BCUT2D eigenvalue weighted by Gasteiger charge is 2.39. The number of aromatic amines is 1. The van der Waals surface area contributed by atoms with Gasteiger partial charge in [-0.1, -0.05) is 66.3 Å². The number of halogens is 1. The number of aryl methyl sites for hydroxylation is 1. The first-order valence-electron chi connectivity index (χ1n) is 12.4. The van der Waals surface area contributed by atoms with Gasteiger partial charge in [0.2, 0.25) is 0 Å². The predicted octanol–water partition coefficient (Wildman–Crippen LogP) is 6.17. The molecule has 3 atom stereocenters. The Balaban J connectivity index is 0.000000961. The number of H-pyrrole nitrogens is 1. The maximum absolute atomic E-state index is 13.0. The summed E-state index contributed by atoms with van der Waals surface area (Å²) >= 11 is 0. The van der Waals surface area contributed by atoms with E-state index in [2.05, 4.69) is 23.5 Å². The van der Waals surface area contributed by atoms with Gasteiger partial charge in [-0.2, -0.15) is 0 Å². The van der Waals surface area contributed by atoms with E-state index < -0.39 is 24.2 Å². The first-order chi connectivity index (χ1) is 16.5. The number of ether oxygens (including phenoxy) is 1. The fourth-order valence-corrected chi connectivity index (χ4v) is 3.66. The number of allylic oxidation sites excluding steroid dienone is 3. The molecule has 0 aromatic carbocycles. The van der Waals surface area contributed by atoms with Gasteiger partial charge in [0.25, 0.3) is 0 Å². The van der Waals surface area contributed by atoms with Gasteiger partial charge in [0.15, 0.2) is 0 Å². The van der Waals surface area contributed by atoms with E-state index in [4.69, 9.17) is 4.74 Å². The Bertz CT molecular complexity index is 842. The van der Waals surface area contributed by atoms with Crippen LogP contribution in [-0.2, 0) is 14.3 Å². The lowest BCUT2D eigenvalue weighted by atomic mass is 9.74. The van der Waals surface area contributed by atoms with Crippen molar-refractivity contribution in [1.29, 1.82) is 0 Å². The molecule has 2 rings (SSSR count). The van der Waals surface area contributed by atoms with Gasteiger partial charge < -0.3 is 14.8 Å². The van der Waals surface area contributed by atoms with Crippen LogP contribution in [0.1, 0.15) is 78.7 Å². The van der Waals surface area contributed by atoms with Crippen molar-refractivity contribution in [3.8, 4) is 0 Å². The number of alkyl halides is 1. The number of nitrogens with zero attached hydrogens (tertiary/aromatic N) is 1. The van der Waals surface area contributed by atoms with Gasteiger partial charge in [-0.05, 0) is 37.3 Å². The Hall–Kier alpha value is -2.54. The first-order valence-corrected chi connectivity index (χ1v) is 12.4. The summed E-state index contributed by atoms with van der Waals surface area (Å²) < 4.78 is 18.1. The Morgan fingerprint density at radius 2 is 1.97 bits per heavy atom. The summed E-state index contributed by atoms with van der Waals surface area (Å²) in [6.45, 7) is 16.3. The molecule has 35 heavy (non-hydrogen) atoms. The maximum atomic E-state index is 13.0. The van der Waals surface area contributed by atoms with Crippen LogP contribution < -0.4 is 0 Å². The molecule has 0 radical (unpaired) electrons. The molecule has 1 aliphatic heterocycles. The van der Waals surface area contributed by atoms with Gasteiger partial charge in [-0.25, -0.2) is 9.37 Å². The van der Waals surface area contributed by atoms with Gasteiger partial charge in [0.05, 0.1) is 36.4 Å². The van der Waals surface area contributed by atoms with Crippen LogP contribution in [0, 0.1) is 24.2 Å². The van der Waals surface area contributed by atoms with Crippen molar-refractivity contribution in [2.45, 2.75) is 80.3 Å². The van der Waals surface area contributed by atoms with E-state index >= 15 is 0 Å². The molecule has 1 aliphatic rings. The summed E-state index contributed by atoms with van der Waals surface area (Å²) in [4.78, 5) is 31.6. The minimum atomic E-state index is -1.09. The molecule has 0 bridgehead atoms. The molecular weight excluding hydrogens is 447 g/mol. The van der Waals surface area contributed by atoms with Crippen LogP contribution in [0.5, 0.6) is 0 Å². The lowest BCUT2D eigenvalue weighted by molar-refractivity contribution is -0.150. The lowest BCUT2D eigenvalue weighted by Crippen LogP contribution is -2.42. The molecule has 2 N–H and O–H groups in total. The van der Waals surface area contributed by atoms with E-state index in [1.807, 2.05) is 33.8 Å². The molecule has 3 unspecified atom stereocenters. The van der Waals surface area contributed by atoms with Gasteiger partial charge in [0.1, 0.15) is 18.3 Å². The first kappa shape index (κ1) is 32.5. The molecule has 198 valence electrons. The van der Waals surface area contributed by atoms with Gasteiger partial charge in [0, 0.05) is 12.3 Å². The number of carbonyl (C=O) groups is 2. The van der Waals surface area contributed by atoms with Crippen LogP contribution in [0.15, 0.2) is 36.6 Å². The normalized spacial score (nSPS) is 26.0. The fraction of sp³-hybridized carbons (Fsp3) is 0.607. The van der Waals surface area contributed by atoms with E-state index in [0.29, 0.717) is 18.4 Å². The molecule has 0 amide bonds. The number of rotatable bonds is 2. The zero-order valence-electron chi connectivity index (χ0n) is 22.6. The van der Waals surface area contributed by atoms with Crippen LogP contribution in [0.25, 0.3) is 6.08 Å². The number of aromatic nitrogens is 2. The van der Waals surface area contributed by atoms with E-state index in [9.17, 15) is 19.1 Å². The second kappa shape index (κ2) is 17.0. The zero-order chi connectivity index (χ0) is 27.0. The molecule has 1 aromatic rings. The number of nitrogens with one attached hydrogen (secondary N) is 1. The summed E-state index contributed by atoms with van der Waals surface area (Å²) in [5, 5.41) is 10.4. The number of hydrogen-bond acceptors (Lipinski definition) is 5. The number of Topliss-reactive ketones (excluding diaryl/α,β-unsaturated/α-hetero) is 1. The van der Waals surface area contributed by atoms with Gasteiger partial charge in [-0.15, -0.1) is 0 Å². The molecule has 0 saturated heterocycles. The van der Waals surface area contributed by atoms with Crippen molar-refractivity contribution in [3.63, 3.8) is 0 Å². The van der Waals surface area contributed by atoms with Gasteiger partial charge in [-0.3, -0.25) is 9.59 Å². The van der Waals surface area contributed by atoms with E-state index in [-0.39, 0.29) is 30.6 Å². The molecule has 2 heterocycles. The molecule has 6 nitrogen and oxygen atoms in total. The van der Waals surface area contributed by atoms with Crippen molar-refractivity contribution in [2.24, 2.45) is 17.3 Å². The van der Waals surface area contributed by atoms with E-state index in [1.54, 1.807) is 38.3 Å². The zero-order valence-corrected chi connectivity index (χ0v) is 22.6. The van der Waals surface area contributed by atoms with E-state index in [1.165, 1.54) is 0 Å². The highest BCUT2D eigenvalue weighted by Crippen LogP contribution is 2.31. The number of carbonyl (C=O) groups excluding carboxylic acids is 2. The molecule has 0 fully saturated rings. The summed E-state index contributed by atoms with van der Waals surface area (Å²) in [6, 6.07) is 0. The van der Waals surface area contributed by atoms with Crippen LogP contribution >= 0.6 is 0 Å². The number of aliphatic hydroxyl groups excluding tert-OH is 1. The lowest BCUT2D eigenvalue weighted by Gasteiger charge is -2.32. The monoisotopic (exact) mass is 492 g/mol.